The minimum Gasteiger partial charge on any atom is -0.350 e. The Kier molecular flexibility index (Phi) is 4.57. The van der Waals surface area contributed by atoms with Gasteiger partial charge in [0.05, 0.1) is 0 Å². The second kappa shape index (κ2) is 6.81. The third kappa shape index (κ3) is 3.01. The lowest BCUT2D eigenvalue weighted by molar-refractivity contribution is 0.657. The average Bonchev–Trinajstić information content (AvgIpc) is 3.10. The summed E-state index contributed by atoms with van der Waals surface area (Å²) in [6.45, 7) is 0.707. The molecule has 6 nitrogen and oxygen atoms in total. The van der Waals surface area contributed by atoms with E-state index < -0.39 is 11.2 Å². The first-order chi connectivity index (χ1) is 12.0. The molecule has 0 spiro atoms. The Morgan fingerprint density at radius 3 is 2.56 bits per heavy atom. The molecule has 1 unspecified atom stereocenters. The standard InChI is InChI=1S/C19H20N4O2/c1-21-17(16(13-20)18(24)22(2)19(21)25)23-12-6-9-15(23)11-10-14-7-4-3-5-8-14/h3-5,7-8,10-11,15H,6,9,12H2,1-2H3/b11-10+. The van der Waals surface area contributed by atoms with Crippen LogP contribution in [0.4, 0.5) is 5.82 Å². The molecule has 0 N–H and O–H groups in total. The van der Waals surface area contributed by atoms with E-state index >= 15 is 0 Å². The van der Waals surface area contributed by atoms with Crippen molar-refractivity contribution in [1.29, 1.82) is 5.26 Å². The van der Waals surface area contributed by atoms with Gasteiger partial charge in [0.15, 0.2) is 5.56 Å². The summed E-state index contributed by atoms with van der Waals surface area (Å²) in [6.07, 6.45) is 5.97. The molecule has 0 aliphatic carbocycles. The molecule has 1 aromatic carbocycles. The summed E-state index contributed by atoms with van der Waals surface area (Å²) < 4.78 is 2.38. The van der Waals surface area contributed by atoms with Crippen LogP contribution in [0.5, 0.6) is 0 Å². The Hall–Kier alpha value is -3.07. The maximum absolute atomic E-state index is 12.3. The van der Waals surface area contributed by atoms with Gasteiger partial charge in [-0.1, -0.05) is 42.5 Å². The zero-order valence-electron chi connectivity index (χ0n) is 14.3. The van der Waals surface area contributed by atoms with Gasteiger partial charge < -0.3 is 4.90 Å². The van der Waals surface area contributed by atoms with Crippen molar-refractivity contribution in [2.75, 3.05) is 11.4 Å². The molecule has 1 fully saturated rings. The molecule has 0 radical (unpaired) electrons. The topological polar surface area (TPSA) is 71.0 Å². The van der Waals surface area contributed by atoms with Crippen molar-refractivity contribution >= 4 is 11.9 Å². The average molecular weight is 336 g/mol. The maximum Gasteiger partial charge on any atom is 0.332 e. The summed E-state index contributed by atoms with van der Waals surface area (Å²) in [6, 6.07) is 12.0. The van der Waals surface area contributed by atoms with Crippen molar-refractivity contribution in [2.24, 2.45) is 14.1 Å². The molecule has 0 bridgehead atoms. The summed E-state index contributed by atoms with van der Waals surface area (Å²) in [7, 11) is 3.00. The van der Waals surface area contributed by atoms with E-state index in [-0.39, 0.29) is 11.6 Å². The lowest BCUT2D eigenvalue weighted by Gasteiger charge is -2.27. The number of aromatic nitrogens is 2. The van der Waals surface area contributed by atoms with Crippen LogP contribution in [0, 0.1) is 11.3 Å². The van der Waals surface area contributed by atoms with Gasteiger partial charge in [0.2, 0.25) is 0 Å². The van der Waals surface area contributed by atoms with E-state index in [1.807, 2.05) is 47.4 Å². The van der Waals surface area contributed by atoms with E-state index in [4.69, 9.17) is 0 Å². The van der Waals surface area contributed by atoms with E-state index in [0.29, 0.717) is 12.4 Å². The van der Waals surface area contributed by atoms with Crippen LogP contribution in [-0.2, 0) is 14.1 Å². The van der Waals surface area contributed by atoms with Gasteiger partial charge in [-0.2, -0.15) is 5.26 Å². The molecule has 128 valence electrons. The van der Waals surface area contributed by atoms with Crippen LogP contribution in [0.2, 0.25) is 0 Å². The van der Waals surface area contributed by atoms with Crippen molar-refractivity contribution < 1.29 is 0 Å². The fourth-order valence-corrected chi connectivity index (χ4v) is 3.31. The largest absolute Gasteiger partial charge is 0.350 e. The predicted molar refractivity (Wildman–Crippen MR) is 97.5 cm³/mol. The molecule has 25 heavy (non-hydrogen) atoms. The number of nitriles is 1. The van der Waals surface area contributed by atoms with E-state index in [2.05, 4.69) is 6.08 Å². The number of nitrogens with zero attached hydrogens (tertiary/aromatic N) is 4. The first kappa shape index (κ1) is 16.8. The Labute approximate surface area is 145 Å². The molecule has 1 aliphatic heterocycles. The molecule has 6 heteroatoms. The molecule has 3 rings (SSSR count). The molecule has 1 aromatic heterocycles. The summed E-state index contributed by atoms with van der Waals surface area (Å²) in [5.41, 5.74) is 0.146. The second-order valence-electron chi connectivity index (χ2n) is 6.19. The molecule has 1 aliphatic rings. The minimum atomic E-state index is -0.543. The van der Waals surface area contributed by atoms with E-state index in [9.17, 15) is 14.9 Å². The Morgan fingerprint density at radius 2 is 1.88 bits per heavy atom. The smallest absolute Gasteiger partial charge is 0.332 e. The summed E-state index contributed by atoms with van der Waals surface area (Å²) in [4.78, 5) is 26.6. The maximum atomic E-state index is 12.3. The highest BCUT2D eigenvalue weighted by Gasteiger charge is 2.29. The quantitative estimate of drug-likeness (QED) is 0.854. The van der Waals surface area contributed by atoms with Gasteiger partial charge >= 0.3 is 5.69 Å². The fourth-order valence-electron chi connectivity index (χ4n) is 3.31. The zero-order chi connectivity index (χ0) is 18.0. The molecule has 2 aromatic rings. The van der Waals surface area contributed by atoms with Crippen molar-refractivity contribution in [2.45, 2.75) is 18.9 Å². The summed E-state index contributed by atoms with van der Waals surface area (Å²) in [5.74, 6) is 0.413. The van der Waals surface area contributed by atoms with Crippen LogP contribution in [0.15, 0.2) is 46.0 Å². The zero-order valence-corrected chi connectivity index (χ0v) is 14.3. The van der Waals surface area contributed by atoms with E-state index in [0.717, 1.165) is 23.0 Å². The highest BCUT2D eigenvalue weighted by atomic mass is 16.2. The van der Waals surface area contributed by atoms with Crippen LogP contribution in [0.3, 0.4) is 0 Å². The lowest BCUT2D eigenvalue weighted by atomic mass is 10.1. The first-order valence-electron chi connectivity index (χ1n) is 8.24. The van der Waals surface area contributed by atoms with Crippen LogP contribution >= 0.6 is 0 Å². The Bertz CT molecular complexity index is 964. The van der Waals surface area contributed by atoms with Crippen molar-refractivity contribution in [3.05, 3.63) is 68.4 Å². The van der Waals surface area contributed by atoms with Crippen LogP contribution < -0.4 is 16.1 Å². The Morgan fingerprint density at radius 1 is 1.16 bits per heavy atom. The SMILES string of the molecule is Cn1c(N2CCCC2/C=C/c2ccccc2)c(C#N)c(=O)n(C)c1=O. The molecular formula is C19H20N4O2. The second-order valence-corrected chi connectivity index (χ2v) is 6.19. The minimum absolute atomic E-state index is 0.0182. The van der Waals surface area contributed by atoms with Crippen molar-refractivity contribution in [1.82, 2.24) is 9.13 Å². The third-order valence-electron chi connectivity index (χ3n) is 4.63. The predicted octanol–water partition coefficient (Wildman–Crippen LogP) is 1.64. The highest BCUT2D eigenvalue weighted by molar-refractivity contribution is 5.58. The van der Waals surface area contributed by atoms with Gasteiger partial charge in [0.1, 0.15) is 11.9 Å². The van der Waals surface area contributed by atoms with Gasteiger partial charge in [0, 0.05) is 26.7 Å². The Balaban J connectivity index is 2.04. The van der Waals surface area contributed by atoms with Crippen LogP contribution in [0.1, 0.15) is 24.0 Å². The van der Waals surface area contributed by atoms with E-state index in [1.165, 1.54) is 11.6 Å². The molecular weight excluding hydrogens is 316 g/mol. The molecule has 1 atom stereocenters. The monoisotopic (exact) mass is 336 g/mol. The molecule has 0 amide bonds. The summed E-state index contributed by atoms with van der Waals surface area (Å²) in [5, 5.41) is 9.47. The van der Waals surface area contributed by atoms with Gasteiger partial charge in [-0.05, 0) is 18.4 Å². The van der Waals surface area contributed by atoms with Crippen LogP contribution in [0.25, 0.3) is 6.08 Å². The lowest BCUT2D eigenvalue weighted by Crippen LogP contribution is -2.43. The van der Waals surface area contributed by atoms with E-state index in [1.54, 1.807) is 7.05 Å². The first-order valence-corrected chi connectivity index (χ1v) is 8.24. The van der Waals surface area contributed by atoms with Gasteiger partial charge in [-0.3, -0.25) is 13.9 Å². The van der Waals surface area contributed by atoms with Gasteiger partial charge in [-0.25, -0.2) is 4.79 Å². The number of benzene rings is 1. The molecule has 1 saturated heterocycles. The molecule has 2 heterocycles. The number of rotatable bonds is 3. The van der Waals surface area contributed by atoms with Gasteiger partial charge in [0.25, 0.3) is 5.56 Å². The summed E-state index contributed by atoms with van der Waals surface area (Å²) >= 11 is 0. The highest BCUT2D eigenvalue weighted by Crippen LogP contribution is 2.27. The van der Waals surface area contributed by atoms with Crippen molar-refractivity contribution in [3.8, 4) is 6.07 Å². The van der Waals surface area contributed by atoms with Crippen LogP contribution in [-0.4, -0.2) is 21.7 Å². The number of anilines is 1. The van der Waals surface area contributed by atoms with Gasteiger partial charge in [-0.15, -0.1) is 0 Å². The van der Waals surface area contributed by atoms with Crippen molar-refractivity contribution in [3.63, 3.8) is 0 Å². The normalized spacial score (nSPS) is 17.2. The number of hydrogen-bond acceptors (Lipinski definition) is 4. The fraction of sp³-hybridized carbons (Fsp3) is 0.316. The third-order valence-corrected chi connectivity index (χ3v) is 4.63. The number of hydrogen-bond donors (Lipinski definition) is 0. The molecule has 0 saturated carbocycles.